The summed E-state index contributed by atoms with van der Waals surface area (Å²) in [5.74, 6) is -1.63. The van der Waals surface area contributed by atoms with Crippen molar-refractivity contribution >= 4 is 5.91 Å². The molecule has 0 radical (unpaired) electrons. The number of carbonyl (C=O) groups excluding carboxylic acids is 1. The number of likely N-dealkylation sites (tertiary alicyclic amines) is 1. The second-order valence-corrected chi connectivity index (χ2v) is 7.02. The third kappa shape index (κ3) is 5.01. The monoisotopic (exact) mass is 370 g/mol. The maximum absolute atomic E-state index is 13.6. The fraction of sp³-hybridized carbons (Fsp3) is 0.318. The number of amides is 1. The van der Waals surface area contributed by atoms with Crippen molar-refractivity contribution in [3.05, 3.63) is 83.9 Å². The van der Waals surface area contributed by atoms with E-state index in [0.717, 1.165) is 19.0 Å². The molecule has 2 aromatic rings. The zero-order valence-electron chi connectivity index (χ0n) is 15.2. The van der Waals surface area contributed by atoms with Crippen LogP contribution in [0.25, 0.3) is 0 Å². The molecule has 1 saturated heterocycles. The molecule has 1 aliphatic rings. The zero-order chi connectivity index (χ0) is 19.2. The third-order valence-electron chi connectivity index (χ3n) is 4.98. The molecule has 142 valence electrons. The first-order chi connectivity index (χ1) is 13.1. The minimum Gasteiger partial charge on any atom is -0.352 e. The topological polar surface area (TPSA) is 32.3 Å². The van der Waals surface area contributed by atoms with Gasteiger partial charge in [0.2, 0.25) is 5.91 Å². The lowest BCUT2D eigenvalue weighted by Gasteiger charge is -2.37. The summed E-state index contributed by atoms with van der Waals surface area (Å²) in [7, 11) is 0. The number of piperidine rings is 1. The second-order valence-electron chi connectivity index (χ2n) is 7.02. The fourth-order valence-electron chi connectivity index (χ4n) is 3.69. The summed E-state index contributed by atoms with van der Waals surface area (Å²) in [6.45, 7) is 5.91. The van der Waals surface area contributed by atoms with E-state index in [1.165, 1.54) is 11.6 Å². The molecule has 5 heteroatoms. The first kappa shape index (κ1) is 19.2. The van der Waals surface area contributed by atoms with Crippen molar-refractivity contribution in [3.63, 3.8) is 0 Å². The highest BCUT2D eigenvalue weighted by Gasteiger charge is 2.32. The Kier molecular flexibility index (Phi) is 6.35. The molecule has 3 nitrogen and oxygen atoms in total. The van der Waals surface area contributed by atoms with Crippen LogP contribution in [0.4, 0.5) is 8.78 Å². The van der Waals surface area contributed by atoms with Gasteiger partial charge in [-0.05, 0) is 35.6 Å². The van der Waals surface area contributed by atoms with Gasteiger partial charge in [-0.3, -0.25) is 9.69 Å². The van der Waals surface area contributed by atoms with Crippen molar-refractivity contribution in [1.82, 2.24) is 10.2 Å². The van der Waals surface area contributed by atoms with Crippen molar-refractivity contribution in [1.29, 1.82) is 0 Å². The number of nitrogens with one attached hydrogen (secondary N) is 1. The van der Waals surface area contributed by atoms with Gasteiger partial charge in [0.05, 0.1) is 5.92 Å². The molecule has 0 aliphatic carbocycles. The summed E-state index contributed by atoms with van der Waals surface area (Å²) in [5.41, 5.74) is 1.89. The van der Waals surface area contributed by atoms with Crippen molar-refractivity contribution in [3.8, 4) is 0 Å². The van der Waals surface area contributed by atoms with Gasteiger partial charge in [0.15, 0.2) is 11.6 Å². The van der Waals surface area contributed by atoms with Crippen LogP contribution in [-0.4, -0.2) is 30.4 Å². The van der Waals surface area contributed by atoms with Crippen molar-refractivity contribution in [2.75, 3.05) is 19.6 Å². The molecule has 1 amide bonds. The van der Waals surface area contributed by atoms with Gasteiger partial charge < -0.3 is 5.32 Å². The standard InChI is InChI=1S/C22H24F2N2O/c1-2-10-25-22(27)19-12-18(17-6-4-3-5-7-17)14-26(15-19)13-16-8-9-20(23)21(24)11-16/h2-9,11,18-19H,1,10,12-15H2,(H,25,27)/t18-,19+/m1/s1. The molecule has 3 rings (SSSR count). The van der Waals surface area contributed by atoms with Gasteiger partial charge in [-0.15, -0.1) is 6.58 Å². The first-order valence-electron chi connectivity index (χ1n) is 9.16. The molecule has 0 unspecified atom stereocenters. The number of hydrogen-bond donors (Lipinski definition) is 1. The normalized spacial score (nSPS) is 20.2. The Labute approximate surface area is 158 Å². The van der Waals surface area contributed by atoms with Gasteiger partial charge in [-0.2, -0.15) is 0 Å². The van der Waals surface area contributed by atoms with Gasteiger partial charge in [-0.25, -0.2) is 8.78 Å². The van der Waals surface area contributed by atoms with Crippen molar-refractivity contribution in [2.45, 2.75) is 18.9 Å². The van der Waals surface area contributed by atoms with E-state index in [0.29, 0.717) is 25.2 Å². The summed E-state index contributed by atoms with van der Waals surface area (Å²) in [6.07, 6.45) is 2.43. The summed E-state index contributed by atoms with van der Waals surface area (Å²) >= 11 is 0. The lowest BCUT2D eigenvalue weighted by molar-refractivity contribution is -0.126. The van der Waals surface area contributed by atoms with E-state index in [-0.39, 0.29) is 17.7 Å². The largest absolute Gasteiger partial charge is 0.352 e. The van der Waals surface area contributed by atoms with Crippen LogP contribution in [0.1, 0.15) is 23.5 Å². The van der Waals surface area contributed by atoms with E-state index in [1.54, 1.807) is 12.1 Å². The average Bonchev–Trinajstić information content (AvgIpc) is 2.69. The molecule has 1 fully saturated rings. The van der Waals surface area contributed by atoms with Crippen LogP contribution in [0.3, 0.4) is 0 Å². The molecular weight excluding hydrogens is 346 g/mol. The number of rotatable bonds is 6. The highest BCUT2D eigenvalue weighted by molar-refractivity contribution is 5.79. The van der Waals surface area contributed by atoms with Gasteiger partial charge in [0.25, 0.3) is 0 Å². The predicted molar refractivity (Wildman–Crippen MR) is 102 cm³/mol. The fourth-order valence-corrected chi connectivity index (χ4v) is 3.69. The number of hydrogen-bond acceptors (Lipinski definition) is 2. The van der Waals surface area contributed by atoms with E-state index in [9.17, 15) is 13.6 Å². The van der Waals surface area contributed by atoms with E-state index >= 15 is 0 Å². The number of nitrogens with zero attached hydrogens (tertiary/aromatic N) is 1. The van der Waals surface area contributed by atoms with Crippen LogP contribution in [0, 0.1) is 17.6 Å². The Bertz CT molecular complexity index is 794. The maximum atomic E-state index is 13.6. The Morgan fingerprint density at radius 1 is 1.15 bits per heavy atom. The molecule has 1 aliphatic heterocycles. The SMILES string of the molecule is C=CCNC(=O)[C@H]1C[C@@H](c2ccccc2)CN(Cc2ccc(F)c(F)c2)C1. The maximum Gasteiger partial charge on any atom is 0.224 e. The molecule has 1 heterocycles. The van der Waals surface area contributed by atoms with E-state index < -0.39 is 11.6 Å². The number of halogens is 2. The molecule has 0 bridgehead atoms. The summed E-state index contributed by atoms with van der Waals surface area (Å²) in [6, 6.07) is 14.1. The van der Waals surface area contributed by atoms with Gasteiger partial charge in [0.1, 0.15) is 0 Å². The van der Waals surface area contributed by atoms with E-state index in [2.05, 4.69) is 28.9 Å². The predicted octanol–water partition coefficient (Wildman–Crippen LogP) is 3.87. The summed E-state index contributed by atoms with van der Waals surface area (Å²) in [5, 5.41) is 2.88. The van der Waals surface area contributed by atoms with Gasteiger partial charge in [-0.1, -0.05) is 42.5 Å². The van der Waals surface area contributed by atoms with E-state index in [4.69, 9.17) is 0 Å². The molecule has 2 aromatic carbocycles. The van der Waals surface area contributed by atoms with Crippen LogP contribution in [0.15, 0.2) is 61.2 Å². The lowest BCUT2D eigenvalue weighted by Crippen LogP contribution is -2.45. The number of carbonyl (C=O) groups is 1. The van der Waals surface area contributed by atoms with E-state index in [1.807, 2.05) is 18.2 Å². The molecule has 0 saturated carbocycles. The van der Waals surface area contributed by atoms with Crippen LogP contribution in [0.5, 0.6) is 0 Å². The highest BCUT2D eigenvalue weighted by Crippen LogP contribution is 2.31. The summed E-state index contributed by atoms with van der Waals surface area (Å²) < 4.78 is 26.7. The zero-order valence-corrected chi connectivity index (χ0v) is 15.2. The highest BCUT2D eigenvalue weighted by atomic mass is 19.2. The smallest absolute Gasteiger partial charge is 0.224 e. The molecule has 2 atom stereocenters. The molecule has 0 aromatic heterocycles. The first-order valence-corrected chi connectivity index (χ1v) is 9.16. The minimum absolute atomic E-state index is 0.00539. The number of benzene rings is 2. The Hall–Kier alpha value is -2.53. The van der Waals surface area contributed by atoms with Crippen molar-refractivity contribution in [2.24, 2.45) is 5.92 Å². The summed E-state index contributed by atoms with van der Waals surface area (Å²) in [4.78, 5) is 14.7. The van der Waals surface area contributed by atoms with Crippen molar-refractivity contribution < 1.29 is 13.6 Å². The quantitative estimate of drug-likeness (QED) is 0.783. The van der Waals surface area contributed by atoms with Crippen LogP contribution in [-0.2, 0) is 11.3 Å². The minimum atomic E-state index is -0.846. The Morgan fingerprint density at radius 3 is 2.63 bits per heavy atom. The Balaban J connectivity index is 1.77. The lowest BCUT2D eigenvalue weighted by atomic mass is 9.84. The van der Waals surface area contributed by atoms with Crippen LogP contribution in [0.2, 0.25) is 0 Å². The molecular formula is C22H24F2N2O. The van der Waals surface area contributed by atoms with Crippen LogP contribution < -0.4 is 5.32 Å². The molecule has 0 spiro atoms. The second kappa shape index (κ2) is 8.91. The Morgan fingerprint density at radius 2 is 1.93 bits per heavy atom. The van der Waals surface area contributed by atoms with Gasteiger partial charge >= 0.3 is 0 Å². The van der Waals surface area contributed by atoms with Gasteiger partial charge in [0, 0.05) is 26.2 Å². The van der Waals surface area contributed by atoms with Crippen LogP contribution >= 0.6 is 0 Å². The third-order valence-corrected chi connectivity index (χ3v) is 4.98. The molecule has 1 N–H and O–H groups in total. The molecule has 27 heavy (non-hydrogen) atoms. The average molecular weight is 370 g/mol.